The average molecular weight is 187 g/mol. The molecular weight excluding hydrogens is 180 g/mol. The van der Waals surface area contributed by atoms with Gasteiger partial charge in [-0.15, -0.1) is 0 Å². The number of nitrogens with two attached hydrogens (primary N) is 1. The van der Waals surface area contributed by atoms with E-state index in [4.69, 9.17) is 17.3 Å². The summed E-state index contributed by atoms with van der Waals surface area (Å²) >= 11 is 5.63. The first-order chi connectivity index (χ1) is 5.52. The number of benzene rings is 1. The van der Waals surface area contributed by atoms with E-state index in [0.29, 0.717) is 0 Å². The Bertz CT molecular complexity index is 338. The average Bonchev–Trinajstić information content (AvgIpc) is 1.96. The van der Waals surface area contributed by atoms with Crippen LogP contribution in [0.3, 0.4) is 0 Å². The van der Waals surface area contributed by atoms with Gasteiger partial charge < -0.3 is 5.73 Å². The molecule has 4 nitrogen and oxygen atoms in total. The maximum absolute atomic E-state index is 10.4. The second kappa shape index (κ2) is 2.98. The highest BCUT2D eigenvalue weighted by Crippen LogP contribution is 2.30. The lowest BCUT2D eigenvalue weighted by Crippen LogP contribution is -1.96. The number of nitro benzene ring substituents is 1. The second-order valence-corrected chi connectivity index (χ2v) is 2.84. The molecule has 0 aliphatic rings. The lowest BCUT2D eigenvalue weighted by molar-refractivity contribution is -0.383. The number of hydrogen-bond acceptors (Lipinski definition) is 3. The van der Waals surface area contributed by atoms with E-state index in [0.717, 1.165) is 5.56 Å². The van der Waals surface area contributed by atoms with Crippen LogP contribution in [-0.2, 0) is 0 Å². The molecule has 0 aliphatic carbocycles. The molecule has 0 aromatic heterocycles. The fourth-order valence-corrected chi connectivity index (χ4v) is 1.16. The lowest BCUT2D eigenvalue weighted by atomic mass is 10.2. The van der Waals surface area contributed by atoms with E-state index in [9.17, 15) is 10.1 Å². The van der Waals surface area contributed by atoms with Gasteiger partial charge in [0.15, 0.2) is 0 Å². The van der Waals surface area contributed by atoms with Crippen molar-refractivity contribution in [2.24, 2.45) is 0 Å². The molecule has 0 atom stereocenters. The Kier molecular flexibility index (Phi) is 2.19. The summed E-state index contributed by atoms with van der Waals surface area (Å²) in [7, 11) is 0. The number of nitrogens with zero attached hydrogens (tertiary/aromatic N) is 1. The van der Waals surface area contributed by atoms with Crippen LogP contribution in [0.25, 0.3) is 0 Å². The van der Waals surface area contributed by atoms with Crippen molar-refractivity contribution in [3.05, 3.63) is 32.8 Å². The van der Waals surface area contributed by atoms with Gasteiger partial charge in [-0.05, 0) is 18.6 Å². The van der Waals surface area contributed by atoms with Gasteiger partial charge >= 0.3 is 0 Å². The van der Waals surface area contributed by atoms with Crippen molar-refractivity contribution < 1.29 is 4.92 Å². The Morgan fingerprint density at radius 3 is 2.67 bits per heavy atom. The quantitative estimate of drug-likeness (QED) is 0.415. The molecule has 0 saturated carbocycles. The second-order valence-electron chi connectivity index (χ2n) is 2.44. The highest BCUT2D eigenvalue weighted by atomic mass is 35.5. The molecule has 1 aromatic carbocycles. The van der Waals surface area contributed by atoms with Crippen LogP contribution < -0.4 is 5.73 Å². The Balaban J connectivity index is 3.37. The number of anilines is 1. The van der Waals surface area contributed by atoms with E-state index >= 15 is 0 Å². The molecule has 0 spiro atoms. The molecule has 0 bridgehead atoms. The molecule has 1 rings (SSSR count). The van der Waals surface area contributed by atoms with Crippen molar-refractivity contribution in [2.45, 2.75) is 6.92 Å². The zero-order chi connectivity index (χ0) is 9.30. The van der Waals surface area contributed by atoms with Gasteiger partial charge in [-0.3, -0.25) is 10.1 Å². The third kappa shape index (κ3) is 1.48. The molecule has 2 N–H and O–H groups in total. The molecule has 64 valence electrons. The zero-order valence-electron chi connectivity index (χ0n) is 6.37. The summed E-state index contributed by atoms with van der Waals surface area (Å²) in [5.74, 6) is 0. The Morgan fingerprint density at radius 2 is 2.17 bits per heavy atom. The molecule has 0 heterocycles. The van der Waals surface area contributed by atoms with Gasteiger partial charge in [-0.2, -0.15) is 0 Å². The van der Waals surface area contributed by atoms with Crippen molar-refractivity contribution in [3.8, 4) is 0 Å². The third-order valence-electron chi connectivity index (χ3n) is 1.45. The van der Waals surface area contributed by atoms with Gasteiger partial charge in [-0.25, -0.2) is 0 Å². The Morgan fingerprint density at radius 1 is 1.58 bits per heavy atom. The fraction of sp³-hybridized carbons (Fsp3) is 0.143. The van der Waals surface area contributed by atoms with Crippen molar-refractivity contribution in [3.63, 3.8) is 0 Å². The Labute approximate surface area is 74.1 Å². The standard InChI is InChI=1S/C7H7ClN2O2/c1-4-2-5(8)7(9)6(3-4)10(11)12/h2-3H,9H2,1H3. The summed E-state index contributed by atoms with van der Waals surface area (Å²) in [6.45, 7) is 1.72. The molecule has 5 heteroatoms. The highest BCUT2D eigenvalue weighted by Gasteiger charge is 2.14. The zero-order valence-corrected chi connectivity index (χ0v) is 7.13. The molecule has 0 fully saturated rings. The SMILES string of the molecule is Cc1cc(Cl)c(N)c([N+](=O)[O-])c1. The predicted molar refractivity (Wildman–Crippen MR) is 47.3 cm³/mol. The monoisotopic (exact) mass is 186 g/mol. The van der Waals surface area contributed by atoms with E-state index in [1.807, 2.05) is 0 Å². The van der Waals surface area contributed by atoms with Crippen molar-refractivity contribution in [1.82, 2.24) is 0 Å². The van der Waals surface area contributed by atoms with Gasteiger partial charge in [0, 0.05) is 6.07 Å². The smallest absolute Gasteiger partial charge is 0.293 e. The van der Waals surface area contributed by atoms with Crippen LogP contribution in [0.5, 0.6) is 0 Å². The summed E-state index contributed by atoms with van der Waals surface area (Å²) in [6.07, 6.45) is 0. The number of hydrogen-bond donors (Lipinski definition) is 1. The topological polar surface area (TPSA) is 69.2 Å². The van der Waals surface area contributed by atoms with E-state index in [1.165, 1.54) is 6.07 Å². The van der Waals surface area contributed by atoms with Crippen LogP contribution in [0, 0.1) is 17.0 Å². The molecule has 0 aliphatic heterocycles. The van der Waals surface area contributed by atoms with Crippen LogP contribution in [-0.4, -0.2) is 4.92 Å². The molecule has 1 aromatic rings. The normalized spacial score (nSPS) is 9.83. The largest absolute Gasteiger partial charge is 0.392 e. The first-order valence-electron chi connectivity index (χ1n) is 3.22. The molecule has 0 saturated heterocycles. The summed E-state index contributed by atoms with van der Waals surface area (Å²) in [4.78, 5) is 9.85. The molecule has 0 radical (unpaired) electrons. The van der Waals surface area contributed by atoms with Crippen molar-refractivity contribution in [2.75, 3.05) is 5.73 Å². The first-order valence-corrected chi connectivity index (χ1v) is 3.60. The van der Waals surface area contributed by atoms with Gasteiger partial charge in [0.05, 0.1) is 9.95 Å². The number of nitrogen functional groups attached to an aromatic ring is 1. The summed E-state index contributed by atoms with van der Waals surface area (Å²) in [5.41, 5.74) is 5.98. The molecular formula is C7H7ClN2O2. The van der Waals surface area contributed by atoms with Crippen LogP contribution >= 0.6 is 11.6 Å². The molecule has 12 heavy (non-hydrogen) atoms. The van der Waals surface area contributed by atoms with Crippen LogP contribution in [0.4, 0.5) is 11.4 Å². The third-order valence-corrected chi connectivity index (χ3v) is 1.76. The minimum Gasteiger partial charge on any atom is -0.392 e. The van der Waals surface area contributed by atoms with Crippen LogP contribution in [0.1, 0.15) is 5.56 Å². The van der Waals surface area contributed by atoms with E-state index in [-0.39, 0.29) is 16.4 Å². The van der Waals surface area contributed by atoms with Gasteiger partial charge in [0.25, 0.3) is 5.69 Å². The maximum atomic E-state index is 10.4. The van der Waals surface area contributed by atoms with E-state index in [1.54, 1.807) is 13.0 Å². The lowest BCUT2D eigenvalue weighted by Gasteiger charge is -2.00. The number of nitro groups is 1. The number of rotatable bonds is 1. The van der Waals surface area contributed by atoms with Gasteiger partial charge in [-0.1, -0.05) is 11.6 Å². The van der Waals surface area contributed by atoms with Gasteiger partial charge in [0.2, 0.25) is 0 Å². The number of aryl methyl sites for hydroxylation is 1. The molecule has 0 unspecified atom stereocenters. The predicted octanol–water partition coefficient (Wildman–Crippen LogP) is 2.14. The van der Waals surface area contributed by atoms with Crippen LogP contribution in [0.2, 0.25) is 5.02 Å². The number of halogens is 1. The summed E-state index contributed by atoms with van der Waals surface area (Å²) < 4.78 is 0. The minimum absolute atomic E-state index is 0.0206. The fourth-order valence-electron chi connectivity index (χ4n) is 0.886. The van der Waals surface area contributed by atoms with Crippen molar-refractivity contribution >= 4 is 23.0 Å². The Hall–Kier alpha value is -1.29. The first kappa shape index (κ1) is 8.80. The van der Waals surface area contributed by atoms with Gasteiger partial charge in [0.1, 0.15) is 5.69 Å². The van der Waals surface area contributed by atoms with Crippen molar-refractivity contribution in [1.29, 1.82) is 0 Å². The maximum Gasteiger partial charge on any atom is 0.293 e. The van der Waals surface area contributed by atoms with E-state index in [2.05, 4.69) is 0 Å². The molecule has 0 amide bonds. The summed E-state index contributed by atoms with van der Waals surface area (Å²) in [6, 6.07) is 2.98. The summed E-state index contributed by atoms with van der Waals surface area (Å²) in [5, 5.41) is 10.6. The minimum atomic E-state index is -0.547. The van der Waals surface area contributed by atoms with E-state index < -0.39 is 4.92 Å². The highest BCUT2D eigenvalue weighted by molar-refractivity contribution is 6.33. The van der Waals surface area contributed by atoms with Crippen LogP contribution in [0.15, 0.2) is 12.1 Å².